The molecular formula is C13H18BrN3O2S. The lowest BCUT2D eigenvalue weighted by molar-refractivity contribution is 0.354. The Morgan fingerprint density at radius 1 is 1.40 bits per heavy atom. The topological polar surface area (TPSA) is 69.2 Å². The summed E-state index contributed by atoms with van der Waals surface area (Å²) in [5.41, 5.74) is 6.42. The van der Waals surface area contributed by atoms with Crippen molar-refractivity contribution < 1.29 is 9.47 Å². The lowest BCUT2D eigenvalue weighted by atomic mass is 10.2. The molecule has 1 rings (SSSR count). The summed E-state index contributed by atoms with van der Waals surface area (Å²) in [6.45, 7) is 3.60. The van der Waals surface area contributed by atoms with Gasteiger partial charge >= 0.3 is 0 Å². The van der Waals surface area contributed by atoms with E-state index < -0.39 is 0 Å². The molecule has 1 aromatic rings. The fourth-order valence-corrected chi connectivity index (χ4v) is 1.73. The molecule has 5 nitrogen and oxygen atoms in total. The zero-order chi connectivity index (χ0) is 14.1. The average Bonchev–Trinajstić information content (AvgIpc) is 2.44. The Bertz CT molecular complexity index is 493. The van der Waals surface area contributed by atoms with Crippen molar-refractivity contribution in [1.82, 2.24) is 0 Å². The SMILES string of the molecule is Br.C=CCSC(N)=N/N=C/c1cccc(OC)c1OC. The lowest BCUT2D eigenvalue weighted by Gasteiger charge is -2.08. The molecule has 110 valence electrons. The molecule has 1 aromatic carbocycles. The van der Waals surface area contributed by atoms with E-state index in [1.807, 2.05) is 18.2 Å². The standard InChI is InChI=1S/C13H17N3O2S.BrH/c1-4-8-19-13(14)16-15-9-10-6-5-7-11(17-2)12(10)18-3;/h4-7,9H,1,8H2,2-3H3,(H2,14,16);1H/b15-9+;. The minimum absolute atomic E-state index is 0. The molecule has 0 radical (unpaired) electrons. The molecule has 20 heavy (non-hydrogen) atoms. The number of methoxy groups -OCH3 is 2. The van der Waals surface area contributed by atoms with Crippen LogP contribution in [0.15, 0.2) is 41.1 Å². The van der Waals surface area contributed by atoms with Crippen LogP contribution in [0, 0.1) is 0 Å². The van der Waals surface area contributed by atoms with Crippen LogP contribution in [0.2, 0.25) is 0 Å². The van der Waals surface area contributed by atoms with Crippen molar-refractivity contribution in [3.05, 3.63) is 36.4 Å². The van der Waals surface area contributed by atoms with Crippen molar-refractivity contribution in [3.8, 4) is 11.5 Å². The number of para-hydroxylation sites is 1. The minimum atomic E-state index is 0. The number of hydrogen-bond acceptors (Lipinski definition) is 5. The summed E-state index contributed by atoms with van der Waals surface area (Å²) < 4.78 is 10.5. The first-order chi connectivity index (χ1) is 9.22. The van der Waals surface area contributed by atoms with Crippen LogP contribution in [0.25, 0.3) is 0 Å². The largest absolute Gasteiger partial charge is 0.493 e. The Balaban J connectivity index is 0.00000361. The van der Waals surface area contributed by atoms with Crippen molar-refractivity contribution in [3.63, 3.8) is 0 Å². The van der Waals surface area contributed by atoms with Gasteiger partial charge in [-0.25, -0.2) is 0 Å². The lowest BCUT2D eigenvalue weighted by Crippen LogP contribution is -2.05. The molecule has 2 N–H and O–H groups in total. The highest BCUT2D eigenvalue weighted by molar-refractivity contribution is 8.93. The van der Waals surface area contributed by atoms with Gasteiger partial charge in [0.15, 0.2) is 16.7 Å². The first-order valence-electron chi connectivity index (χ1n) is 5.54. The Morgan fingerprint density at radius 2 is 2.15 bits per heavy atom. The van der Waals surface area contributed by atoms with Gasteiger partial charge in [-0.05, 0) is 12.1 Å². The fraction of sp³-hybridized carbons (Fsp3) is 0.231. The quantitative estimate of drug-likeness (QED) is 0.367. The number of hydrogen-bond donors (Lipinski definition) is 1. The fourth-order valence-electron chi connectivity index (χ4n) is 1.33. The summed E-state index contributed by atoms with van der Waals surface area (Å²) in [6.07, 6.45) is 3.32. The predicted molar refractivity (Wildman–Crippen MR) is 91.7 cm³/mol. The molecule has 0 unspecified atom stereocenters. The molecule has 0 aliphatic carbocycles. The van der Waals surface area contributed by atoms with Gasteiger partial charge < -0.3 is 15.2 Å². The van der Waals surface area contributed by atoms with Gasteiger partial charge in [0.1, 0.15) is 0 Å². The zero-order valence-corrected chi connectivity index (χ0v) is 13.9. The number of ether oxygens (including phenoxy) is 2. The van der Waals surface area contributed by atoms with Gasteiger partial charge in [0, 0.05) is 11.3 Å². The molecule has 0 aliphatic rings. The molecule has 0 aromatic heterocycles. The third kappa shape index (κ3) is 5.66. The average molecular weight is 360 g/mol. The van der Waals surface area contributed by atoms with Crippen molar-refractivity contribution in [2.24, 2.45) is 15.9 Å². The van der Waals surface area contributed by atoms with Gasteiger partial charge in [0.25, 0.3) is 0 Å². The Morgan fingerprint density at radius 3 is 2.75 bits per heavy atom. The maximum Gasteiger partial charge on any atom is 0.180 e. The van der Waals surface area contributed by atoms with Crippen LogP contribution in [-0.4, -0.2) is 31.4 Å². The second-order valence-electron chi connectivity index (χ2n) is 3.37. The minimum Gasteiger partial charge on any atom is -0.493 e. The maximum absolute atomic E-state index is 5.65. The van der Waals surface area contributed by atoms with Gasteiger partial charge in [-0.2, -0.15) is 5.10 Å². The van der Waals surface area contributed by atoms with E-state index in [0.29, 0.717) is 22.4 Å². The van der Waals surface area contributed by atoms with Gasteiger partial charge in [-0.1, -0.05) is 23.9 Å². The van der Waals surface area contributed by atoms with E-state index in [4.69, 9.17) is 15.2 Å². The van der Waals surface area contributed by atoms with E-state index >= 15 is 0 Å². The zero-order valence-electron chi connectivity index (χ0n) is 11.4. The third-order valence-electron chi connectivity index (χ3n) is 2.14. The van der Waals surface area contributed by atoms with E-state index in [1.165, 1.54) is 11.8 Å². The number of halogens is 1. The van der Waals surface area contributed by atoms with Crippen LogP contribution >= 0.6 is 28.7 Å². The van der Waals surface area contributed by atoms with Crippen LogP contribution in [0.3, 0.4) is 0 Å². The molecule has 0 fully saturated rings. The highest BCUT2D eigenvalue weighted by atomic mass is 79.9. The number of nitrogens with two attached hydrogens (primary N) is 1. The summed E-state index contributed by atoms with van der Waals surface area (Å²) in [4.78, 5) is 0. The molecule has 0 saturated carbocycles. The third-order valence-corrected chi connectivity index (χ3v) is 2.92. The van der Waals surface area contributed by atoms with E-state index in [2.05, 4.69) is 16.8 Å². The molecule has 0 saturated heterocycles. The van der Waals surface area contributed by atoms with Gasteiger partial charge in [0.2, 0.25) is 0 Å². The monoisotopic (exact) mass is 359 g/mol. The van der Waals surface area contributed by atoms with E-state index in [9.17, 15) is 0 Å². The van der Waals surface area contributed by atoms with E-state index in [-0.39, 0.29) is 17.0 Å². The summed E-state index contributed by atoms with van der Waals surface area (Å²) in [5.74, 6) is 1.96. The molecule has 0 amide bonds. The highest BCUT2D eigenvalue weighted by Gasteiger charge is 2.06. The van der Waals surface area contributed by atoms with Crippen molar-refractivity contribution in [2.45, 2.75) is 0 Å². The number of amidine groups is 1. The molecule has 0 atom stereocenters. The highest BCUT2D eigenvalue weighted by Crippen LogP contribution is 2.29. The number of benzene rings is 1. The van der Waals surface area contributed by atoms with Crippen LogP contribution in [0.5, 0.6) is 11.5 Å². The van der Waals surface area contributed by atoms with E-state index in [0.717, 1.165) is 5.56 Å². The molecular weight excluding hydrogens is 342 g/mol. The molecule has 0 spiro atoms. The molecule has 7 heteroatoms. The molecule has 0 heterocycles. The van der Waals surface area contributed by atoms with Crippen LogP contribution in [0.4, 0.5) is 0 Å². The second-order valence-corrected chi connectivity index (χ2v) is 4.41. The van der Waals surface area contributed by atoms with Crippen molar-refractivity contribution >= 4 is 40.1 Å². The van der Waals surface area contributed by atoms with Gasteiger partial charge in [0.05, 0.1) is 20.4 Å². The summed E-state index contributed by atoms with van der Waals surface area (Å²) in [6, 6.07) is 5.52. The summed E-state index contributed by atoms with van der Waals surface area (Å²) in [5, 5.41) is 8.18. The Kier molecular flexibility index (Phi) is 9.57. The van der Waals surface area contributed by atoms with Crippen molar-refractivity contribution in [1.29, 1.82) is 0 Å². The number of nitrogens with zero attached hydrogens (tertiary/aromatic N) is 2. The first kappa shape index (κ1) is 18.5. The second kappa shape index (κ2) is 10.3. The number of rotatable bonds is 6. The normalized spacial score (nSPS) is 11.0. The summed E-state index contributed by atoms with van der Waals surface area (Å²) in [7, 11) is 3.16. The van der Waals surface area contributed by atoms with Crippen molar-refractivity contribution in [2.75, 3.05) is 20.0 Å². The van der Waals surface area contributed by atoms with E-state index in [1.54, 1.807) is 26.5 Å². The smallest absolute Gasteiger partial charge is 0.180 e. The number of thioether (sulfide) groups is 1. The molecule has 0 bridgehead atoms. The summed E-state index contributed by atoms with van der Waals surface area (Å²) >= 11 is 1.37. The van der Waals surface area contributed by atoms with Crippen LogP contribution < -0.4 is 15.2 Å². The molecule has 0 aliphatic heterocycles. The maximum atomic E-state index is 5.65. The Hall–Kier alpha value is -1.47. The van der Waals surface area contributed by atoms with Gasteiger partial charge in [-0.15, -0.1) is 28.7 Å². The van der Waals surface area contributed by atoms with Gasteiger partial charge in [-0.3, -0.25) is 0 Å². The van der Waals surface area contributed by atoms with Crippen LogP contribution in [0.1, 0.15) is 5.56 Å². The van der Waals surface area contributed by atoms with Crippen LogP contribution in [-0.2, 0) is 0 Å². The Labute approximate surface area is 133 Å². The predicted octanol–water partition coefficient (Wildman–Crippen LogP) is 2.85. The first-order valence-corrected chi connectivity index (χ1v) is 6.52.